The molecule has 0 aliphatic rings. The zero-order valence-electron chi connectivity index (χ0n) is 12.8. The first-order valence-corrected chi connectivity index (χ1v) is 8.91. The van der Waals surface area contributed by atoms with Crippen molar-refractivity contribution in [3.8, 4) is 22.5 Å². The summed E-state index contributed by atoms with van der Waals surface area (Å²) in [5.74, 6) is 0. The fraction of sp³-hybridized carbons (Fsp3) is 0.118. The molecule has 116 valence electrons. The summed E-state index contributed by atoms with van der Waals surface area (Å²) in [6, 6.07) is 17.2. The molecular formula is C17H15N3O2S. The molecule has 0 bridgehead atoms. The topological polar surface area (TPSA) is 72.8 Å². The van der Waals surface area contributed by atoms with Crippen molar-refractivity contribution in [1.82, 2.24) is 15.2 Å². The smallest absolute Gasteiger partial charge is 0.221 e. The average Bonchev–Trinajstić information content (AvgIpc) is 2.54. The van der Waals surface area contributed by atoms with Gasteiger partial charge in [-0.1, -0.05) is 54.1 Å². The van der Waals surface area contributed by atoms with Crippen molar-refractivity contribution in [2.45, 2.75) is 12.1 Å². The Morgan fingerprint density at radius 2 is 1.52 bits per heavy atom. The summed E-state index contributed by atoms with van der Waals surface area (Å²) >= 11 is 0. The van der Waals surface area contributed by atoms with E-state index in [9.17, 15) is 8.42 Å². The van der Waals surface area contributed by atoms with Crippen LogP contribution in [0.3, 0.4) is 0 Å². The zero-order valence-corrected chi connectivity index (χ0v) is 13.6. The van der Waals surface area contributed by atoms with E-state index in [-0.39, 0.29) is 5.16 Å². The number of aromatic nitrogens is 3. The van der Waals surface area contributed by atoms with E-state index >= 15 is 0 Å². The predicted octanol–water partition coefficient (Wildman–Crippen LogP) is 2.92. The number of nitrogens with zero attached hydrogens (tertiary/aromatic N) is 3. The van der Waals surface area contributed by atoms with Crippen LogP contribution < -0.4 is 0 Å². The largest absolute Gasteiger partial charge is 0.267 e. The summed E-state index contributed by atoms with van der Waals surface area (Å²) in [6.07, 6.45) is 1.08. The van der Waals surface area contributed by atoms with Gasteiger partial charge in [-0.3, -0.25) is 0 Å². The van der Waals surface area contributed by atoms with Gasteiger partial charge in [0.15, 0.2) is 0 Å². The third kappa shape index (κ3) is 3.27. The SMILES string of the molecule is Cc1cccc(-c2nc(S(C)(=O)=O)nnc2-c2ccccc2)c1. The highest BCUT2D eigenvalue weighted by Gasteiger charge is 2.18. The van der Waals surface area contributed by atoms with E-state index in [2.05, 4.69) is 15.2 Å². The lowest BCUT2D eigenvalue weighted by molar-refractivity contribution is 0.589. The Labute approximate surface area is 135 Å². The molecule has 0 unspecified atom stereocenters. The number of rotatable bonds is 3. The van der Waals surface area contributed by atoms with Gasteiger partial charge in [-0.05, 0) is 13.0 Å². The molecule has 3 aromatic rings. The maximum Gasteiger partial charge on any atom is 0.267 e. The first-order valence-electron chi connectivity index (χ1n) is 7.02. The van der Waals surface area contributed by atoms with Crippen molar-refractivity contribution in [1.29, 1.82) is 0 Å². The van der Waals surface area contributed by atoms with E-state index in [1.807, 2.05) is 61.5 Å². The Balaban J connectivity index is 2.29. The number of hydrogen-bond donors (Lipinski definition) is 0. The van der Waals surface area contributed by atoms with E-state index in [0.717, 1.165) is 22.9 Å². The number of benzene rings is 2. The molecule has 0 fully saturated rings. The van der Waals surface area contributed by atoms with Gasteiger partial charge in [0, 0.05) is 17.4 Å². The summed E-state index contributed by atoms with van der Waals surface area (Å²) < 4.78 is 23.5. The van der Waals surface area contributed by atoms with Gasteiger partial charge < -0.3 is 0 Å². The van der Waals surface area contributed by atoms with Crippen molar-refractivity contribution < 1.29 is 8.42 Å². The second kappa shape index (κ2) is 5.89. The van der Waals surface area contributed by atoms with Gasteiger partial charge >= 0.3 is 0 Å². The molecule has 0 amide bonds. The molecule has 2 aromatic carbocycles. The molecule has 0 N–H and O–H groups in total. The van der Waals surface area contributed by atoms with Crippen molar-refractivity contribution in [3.63, 3.8) is 0 Å². The highest BCUT2D eigenvalue weighted by atomic mass is 32.2. The molecular weight excluding hydrogens is 310 g/mol. The van der Waals surface area contributed by atoms with E-state index in [1.165, 1.54) is 0 Å². The van der Waals surface area contributed by atoms with Crippen LogP contribution in [0.25, 0.3) is 22.5 Å². The third-order valence-electron chi connectivity index (χ3n) is 3.34. The summed E-state index contributed by atoms with van der Waals surface area (Å²) in [4.78, 5) is 4.27. The van der Waals surface area contributed by atoms with Crippen LogP contribution in [0.2, 0.25) is 0 Å². The lowest BCUT2D eigenvalue weighted by Gasteiger charge is -2.09. The van der Waals surface area contributed by atoms with Gasteiger partial charge in [-0.15, -0.1) is 10.2 Å². The van der Waals surface area contributed by atoms with E-state index in [4.69, 9.17) is 0 Å². The van der Waals surface area contributed by atoms with Gasteiger partial charge in [0.05, 0.1) is 0 Å². The van der Waals surface area contributed by atoms with Crippen LogP contribution in [0.15, 0.2) is 59.8 Å². The minimum Gasteiger partial charge on any atom is -0.221 e. The Hall–Kier alpha value is -2.60. The average molecular weight is 325 g/mol. The van der Waals surface area contributed by atoms with Crippen LogP contribution in [0.4, 0.5) is 0 Å². The summed E-state index contributed by atoms with van der Waals surface area (Å²) in [7, 11) is -3.53. The number of aryl methyl sites for hydroxylation is 1. The Morgan fingerprint density at radius 3 is 2.17 bits per heavy atom. The molecule has 1 heterocycles. The lowest BCUT2D eigenvalue weighted by atomic mass is 10.0. The van der Waals surface area contributed by atoms with Crippen LogP contribution in [-0.2, 0) is 9.84 Å². The summed E-state index contributed by atoms with van der Waals surface area (Å²) in [5.41, 5.74) is 3.77. The Morgan fingerprint density at radius 1 is 0.826 bits per heavy atom. The van der Waals surface area contributed by atoms with Gasteiger partial charge in [0.25, 0.3) is 5.16 Å². The van der Waals surface area contributed by atoms with Crippen LogP contribution >= 0.6 is 0 Å². The normalized spacial score (nSPS) is 11.4. The Kier molecular flexibility index (Phi) is 3.92. The summed E-state index contributed by atoms with van der Waals surface area (Å²) in [6.45, 7) is 1.97. The Bertz CT molecular complexity index is 955. The molecule has 5 nitrogen and oxygen atoms in total. The first kappa shape index (κ1) is 15.3. The molecule has 0 radical (unpaired) electrons. The lowest BCUT2D eigenvalue weighted by Crippen LogP contribution is -2.08. The van der Waals surface area contributed by atoms with Gasteiger partial charge in [0.2, 0.25) is 9.84 Å². The van der Waals surface area contributed by atoms with Crippen molar-refractivity contribution in [3.05, 3.63) is 60.2 Å². The standard InChI is InChI=1S/C17H15N3O2S/c1-12-7-6-10-14(11-12)15-16(13-8-4-3-5-9-13)19-20-17(18-15)23(2,21)22/h3-11H,1-2H3. The van der Waals surface area contributed by atoms with E-state index < -0.39 is 9.84 Å². The first-order chi connectivity index (χ1) is 10.9. The predicted molar refractivity (Wildman–Crippen MR) is 88.5 cm³/mol. The molecule has 0 aliphatic carbocycles. The summed E-state index contributed by atoms with van der Waals surface area (Å²) in [5, 5.41) is 7.65. The second-order valence-corrected chi connectivity index (χ2v) is 7.21. The third-order valence-corrected chi connectivity index (χ3v) is 4.17. The maximum absolute atomic E-state index is 11.8. The monoisotopic (exact) mass is 325 g/mol. The zero-order chi connectivity index (χ0) is 16.4. The number of hydrogen-bond acceptors (Lipinski definition) is 5. The maximum atomic E-state index is 11.8. The van der Waals surface area contributed by atoms with Crippen LogP contribution in [-0.4, -0.2) is 29.9 Å². The van der Waals surface area contributed by atoms with Gasteiger partial charge in [0.1, 0.15) is 11.4 Å². The number of sulfone groups is 1. The highest BCUT2D eigenvalue weighted by molar-refractivity contribution is 7.90. The molecule has 0 atom stereocenters. The van der Waals surface area contributed by atoms with Crippen molar-refractivity contribution in [2.75, 3.05) is 6.26 Å². The van der Waals surface area contributed by atoms with Crippen LogP contribution in [0, 0.1) is 6.92 Å². The molecule has 23 heavy (non-hydrogen) atoms. The minimum atomic E-state index is -3.53. The quantitative estimate of drug-likeness (QED) is 0.740. The van der Waals surface area contributed by atoms with Crippen LogP contribution in [0.5, 0.6) is 0 Å². The molecule has 0 saturated heterocycles. The van der Waals surface area contributed by atoms with E-state index in [0.29, 0.717) is 11.4 Å². The molecule has 6 heteroatoms. The highest BCUT2D eigenvalue weighted by Crippen LogP contribution is 2.29. The molecule has 0 aliphatic heterocycles. The second-order valence-electron chi connectivity index (χ2n) is 5.30. The van der Waals surface area contributed by atoms with Crippen LogP contribution in [0.1, 0.15) is 5.56 Å². The van der Waals surface area contributed by atoms with Crippen molar-refractivity contribution in [2.24, 2.45) is 0 Å². The molecule has 3 rings (SSSR count). The fourth-order valence-corrected chi connectivity index (χ4v) is 2.70. The minimum absolute atomic E-state index is 0.270. The molecule has 0 saturated carbocycles. The molecule has 1 aromatic heterocycles. The van der Waals surface area contributed by atoms with Gasteiger partial charge in [-0.2, -0.15) is 0 Å². The molecule has 0 spiro atoms. The van der Waals surface area contributed by atoms with E-state index in [1.54, 1.807) is 0 Å². The van der Waals surface area contributed by atoms with Gasteiger partial charge in [-0.25, -0.2) is 13.4 Å². The van der Waals surface area contributed by atoms with Crippen molar-refractivity contribution >= 4 is 9.84 Å². The fourth-order valence-electron chi connectivity index (χ4n) is 2.25.